The lowest BCUT2D eigenvalue weighted by Gasteiger charge is -2.08. The van der Waals surface area contributed by atoms with Gasteiger partial charge in [-0.2, -0.15) is 0 Å². The van der Waals surface area contributed by atoms with Gasteiger partial charge in [0.15, 0.2) is 0 Å². The monoisotopic (exact) mass is 387 g/mol. The maximum absolute atomic E-state index is 12.2. The zero-order valence-corrected chi connectivity index (χ0v) is 16.0. The number of carbonyl (C=O) groups excluding carboxylic acids is 1. The average molecular weight is 388 g/mol. The smallest absolute Gasteiger partial charge is 0.259 e. The Kier molecular flexibility index (Phi) is 5.85. The molecule has 0 aliphatic heterocycles. The number of hydrogen-bond acceptors (Lipinski definition) is 5. The van der Waals surface area contributed by atoms with Crippen LogP contribution in [-0.4, -0.2) is 22.7 Å². The normalized spacial score (nSPS) is 10.6. The van der Waals surface area contributed by atoms with Gasteiger partial charge in [-0.25, -0.2) is 0 Å². The molecular formula is C19H18ClN3O2S. The van der Waals surface area contributed by atoms with E-state index in [9.17, 15) is 4.79 Å². The number of hydrogen-bond donors (Lipinski definition) is 1. The number of nitrogens with one attached hydrogen (secondary N) is 1. The predicted molar refractivity (Wildman–Crippen MR) is 104 cm³/mol. The van der Waals surface area contributed by atoms with Crippen LogP contribution in [0.4, 0.5) is 5.13 Å². The highest BCUT2D eigenvalue weighted by atomic mass is 35.5. The van der Waals surface area contributed by atoms with Gasteiger partial charge in [-0.05, 0) is 43.2 Å². The van der Waals surface area contributed by atoms with Crippen LogP contribution in [0.15, 0.2) is 42.5 Å². The van der Waals surface area contributed by atoms with Crippen LogP contribution in [0, 0.1) is 13.8 Å². The molecule has 0 unspecified atom stereocenters. The number of aryl methyl sites for hydroxylation is 2. The van der Waals surface area contributed by atoms with Crippen molar-refractivity contribution in [3.63, 3.8) is 0 Å². The Balaban J connectivity index is 1.56. The second-order valence-corrected chi connectivity index (χ2v) is 7.27. The molecule has 0 aliphatic rings. The van der Waals surface area contributed by atoms with E-state index in [4.69, 9.17) is 16.3 Å². The lowest BCUT2D eigenvalue weighted by molar-refractivity contribution is 0.102. The minimum atomic E-state index is -0.301. The average Bonchev–Trinajstić information content (AvgIpc) is 3.05. The van der Waals surface area contributed by atoms with Gasteiger partial charge in [0.1, 0.15) is 10.8 Å². The molecule has 3 rings (SSSR count). The van der Waals surface area contributed by atoms with E-state index in [1.165, 1.54) is 11.3 Å². The molecule has 1 N–H and O–H groups in total. The van der Waals surface area contributed by atoms with Crippen LogP contribution >= 0.6 is 22.9 Å². The first-order chi connectivity index (χ1) is 12.5. The van der Waals surface area contributed by atoms with Crippen molar-refractivity contribution < 1.29 is 9.53 Å². The van der Waals surface area contributed by atoms with Gasteiger partial charge in [0.25, 0.3) is 5.91 Å². The van der Waals surface area contributed by atoms with E-state index >= 15 is 0 Å². The van der Waals surface area contributed by atoms with Gasteiger partial charge in [0, 0.05) is 6.42 Å². The lowest BCUT2D eigenvalue weighted by atomic mass is 10.1. The Morgan fingerprint density at radius 3 is 2.81 bits per heavy atom. The number of ether oxygens (including phenoxy) is 1. The molecule has 0 saturated carbocycles. The summed E-state index contributed by atoms with van der Waals surface area (Å²) in [7, 11) is 0. The molecule has 0 fully saturated rings. The summed E-state index contributed by atoms with van der Waals surface area (Å²) in [6.07, 6.45) is 0.618. The third kappa shape index (κ3) is 4.59. The van der Waals surface area contributed by atoms with Crippen molar-refractivity contribution in [2.45, 2.75) is 20.3 Å². The first kappa shape index (κ1) is 18.4. The number of halogens is 1. The minimum Gasteiger partial charge on any atom is -0.493 e. The van der Waals surface area contributed by atoms with Gasteiger partial charge < -0.3 is 4.74 Å². The topological polar surface area (TPSA) is 64.1 Å². The van der Waals surface area contributed by atoms with Gasteiger partial charge in [-0.15, -0.1) is 10.2 Å². The molecule has 2 aromatic carbocycles. The fraction of sp³-hybridized carbons (Fsp3) is 0.211. The van der Waals surface area contributed by atoms with Crippen LogP contribution in [0.1, 0.15) is 26.5 Å². The van der Waals surface area contributed by atoms with Gasteiger partial charge in [-0.1, -0.05) is 47.2 Å². The third-order valence-corrected chi connectivity index (χ3v) is 4.95. The Hall–Kier alpha value is -2.44. The highest BCUT2D eigenvalue weighted by molar-refractivity contribution is 7.15. The summed E-state index contributed by atoms with van der Waals surface area (Å²) in [5.41, 5.74) is 2.66. The number of nitrogens with zero attached hydrogens (tertiary/aromatic N) is 2. The van der Waals surface area contributed by atoms with Crippen LogP contribution in [-0.2, 0) is 6.42 Å². The molecule has 1 amide bonds. The summed E-state index contributed by atoms with van der Waals surface area (Å²) < 4.78 is 5.83. The van der Waals surface area contributed by atoms with Crippen molar-refractivity contribution in [2.24, 2.45) is 0 Å². The fourth-order valence-corrected chi connectivity index (χ4v) is 3.26. The fourth-order valence-electron chi connectivity index (χ4n) is 2.33. The van der Waals surface area contributed by atoms with E-state index in [1.807, 2.05) is 26.0 Å². The van der Waals surface area contributed by atoms with Crippen molar-refractivity contribution in [3.8, 4) is 5.75 Å². The molecule has 5 nitrogen and oxygen atoms in total. The maximum Gasteiger partial charge on any atom is 0.259 e. The van der Waals surface area contributed by atoms with Crippen molar-refractivity contribution in [3.05, 3.63) is 69.2 Å². The highest BCUT2D eigenvalue weighted by Gasteiger charge is 2.13. The summed E-state index contributed by atoms with van der Waals surface area (Å²) in [4.78, 5) is 12.2. The minimum absolute atomic E-state index is 0.301. The quantitative estimate of drug-likeness (QED) is 0.666. The zero-order chi connectivity index (χ0) is 18.5. The molecule has 26 heavy (non-hydrogen) atoms. The SMILES string of the molecule is Cc1ccc(C)c(OCCc2nnc(NC(=O)c3ccccc3Cl)s2)c1. The molecule has 3 aromatic rings. The molecule has 1 heterocycles. The van der Waals surface area contributed by atoms with E-state index in [0.29, 0.717) is 28.7 Å². The number of benzene rings is 2. The molecule has 0 aliphatic carbocycles. The highest BCUT2D eigenvalue weighted by Crippen LogP contribution is 2.22. The number of aromatic nitrogens is 2. The Bertz CT molecular complexity index is 927. The van der Waals surface area contributed by atoms with Crippen molar-refractivity contribution in [1.29, 1.82) is 0 Å². The molecule has 7 heteroatoms. The van der Waals surface area contributed by atoms with Crippen LogP contribution < -0.4 is 10.1 Å². The summed E-state index contributed by atoms with van der Waals surface area (Å²) in [6, 6.07) is 13.0. The number of carbonyl (C=O) groups is 1. The Morgan fingerprint density at radius 1 is 1.19 bits per heavy atom. The molecule has 0 radical (unpaired) electrons. The maximum atomic E-state index is 12.2. The van der Waals surface area contributed by atoms with Gasteiger partial charge in [0.05, 0.1) is 17.2 Å². The van der Waals surface area contributed by atoms with Gasteiger partial charge >= 0.3 is 0 Å². The summed E-state index contributed by atoms with van der Waals surface area (Å²) in [5.74, 6) is 0.576. The molecule has 0 spiro atoms. The molecule has 1 aromatic heterocycles. The van der Waals surface area contributed by atoms with Crippen molar-refractivity contribution in [1.82, 2.24) is 10.2 Å². The van der Waals surface area contributed by atoms with Crippen LogP contribution in [0.3, 0.4) is 0 Å². The molecule has 0 atom stereocenters. The number of amides is 1. The number of anilines is 1. The van der Waals surface area contributed by atoms with Crippen LogP contribution in [0.25, 0.3) is 0 Å². The first-order valence-corrected chi connectivity index (χ1v) is 9.30. The predicted octanol–water partition coefficient (Wildman–Crippen LogP) is 4.68. The van der Waals surface area contributed by atoms with Crippen LogP contribution in [0.2, 0.25) is 5.02 Å². The molecule has 0 saturated heterocycles. The van der Waals surface area contributed by atoms with E-state index in [-0.39, 0.29) is 5.91 Å². The Morgan fingerprint density at radius 2 is 2.00 bits per heavy atom. The van der Waals surface area contributed by atoms with Gasteiger partial charge in [0.2, 0.25) is 5.13 Å². The third-order valence-electron chi connectivity index (χ3n) is 3.72. The molecule has 134 valence electrons. The standard InChI is InChI=1S/C19H18ClN3O2S/c1-12-7-8-13(2)16(11-12)25-10-9-17-22-23-19(26-17)21-18(24)14-5-3-4-6-15(14)20/h3-8,11H,9-10H2,1-2H3,(H,21,23,24). The van der Waals surface area contributed by atoms with Crippen molar-refractivity contribution >= 4 is 34.0 Å². The largest absolute Gasteiger partial charge is 0.493 e. The van der Waals surface area contributed by atoms with Gasteiger partial charge in [-0.3, -0.25) is 10.1 Å². The second kappa shape index (κ2) is 8.29. The lowest BCUT2D eigenvalue weighted by Crippen LogP contribution is -2.12. The van der Waals surface area contributed by atoms with E-state index in [0.717, 1.165) is 21.9 Å². The zero-order valence-electron chi connectivity index (χ0n) is 14.5. The number of rotatable bonds is 6. The van der Waals surface area contributed by atoms with E-state index < -0.39 is 0 Å². The second-order valence-electron chi connectivity index (χ2n) is 5.80. The van der Waals surface area contributed by atoms with E-state index in [2.05, 4.69) is 21.6 Å². The summed E-state index contributed by atoms with van der Waals surface area (Å²) in [6.45, 7) is 4.55. The summed E-state index contributed by atoms with van der Waals surface area (Å²) in [5, 5.41) is 12.5. The van der Waals surface area contributed by atoms with Crippen LogP contribution in [0.5, 0.6) is 5.75 Å². The Labute approximate surface area is 161 Å². The molecule has 0 bridgehead atoms. The first-order valence-electron chi connectivity index (χ1n) is 8.11. The van der Waals surface area contributed by atoms with Crippen molar-refractivity contribution in [2.75, 3.05) is 11.9 Å². The summed E-state index contributed by atoms with van der Waals surface area (Å²) >= 11 is 7.36. The van der Waals surface area contributed by atoms with E-state index in [1.54, 1.807) is 24.3 Å². The molecular weight excluding hydrogens is 370 g/mol.